The van der Waals surface area contributed by atoms with Crippen molar-refractivity contribution in [2.45, 2.75) is 0 Å². The maximum Gasteiger partial charge on any atom is 0.379 e. The summed E-state index contributed by atoms with van der Waals surface area (Å²) in [4.78, 5) is 22.8. The van der Waals surface area contributed by atoms with Gasteiger partial charge in [0.15, 0.2) is 0 Å². The molecule has 3 nitrogen and oxygen atoms in total. The highest BCUT2D eigenvalue weighted by atomic mass is 79.9. The highest BCUT2D eigenvalue weighted by Gasteiger charge is 2.20. The number of halogens is 1. The van der Waals surface area contributed by atoms with Crippen LogP contribution < -0.4 is 0 Å². The lowest BCUT2D eigenvalue weighted by Crippen LogP contribution is -2.14. The summed E-state index contributed by atoms with van der Waals surface area (Å²) in [6.45, 7) is 0. The lowest BCUT2D eigenvalue weighted by molar-refractivity contribution is -0.135. The van der Waals surface area contributed by atoms with Crippen molar-refractivity contribution in [2.24, 2.45) is 0 Å². The van der Waals surface area contributed by atoms with Crippen molar-refractivity contribution < 1.29 is 14.3 Å². The first-order valence-corrected chi connectivity index (χ1v) is 6.10. The normalized spacial score (nSPS) is 10.4. The number of hydrogen-bond donors (Lipinski definition) is 0. The van der Waals surface area contributed by atoms with E-state index in [1.165, 1.54) is 18.4 Å². The highest BCUT2D eigenvalue weighted by Crippen LogP contribution is 2.32. The number of esters is 1. The topological polar surface area (TPSA) is 43.4 Å². The van der Waals surface area contributed by atoms with Crippen molar-refractivity contribution in [3.63, 3.8) is 0 Å². The Kier molecular flexibility index (Phi) is 3.07. The number of carbonyl (C=O) groups excluding carboxylic acids is 2. The fraction of sp³-hybridized carbons (Fsp3) is 0.0909. The van der Waals surface area contributed by atoms with Crippen LogP contribution in [0.25, 0.3) is 10.1 Å². The van der Waals surface area contributed by atoms with Crippen LogP contribution in [0.2, 0.25) is 0 Å². The molecule has 0 saturated carbocycles. The van der Waals surface area contributed by atoms with Gasteiger partial charge in [0.25, 0.3) is 5.78 Å². The van der Waals surface area contributed by atoms with E-state index in [1.54, 1.807) is 5.38 Å². The zero-order valence-corrected chi connectivity index (χ0v) is 10.7. The summed E-state index contributed by atoms with van der Waals surface area (Å²) in [6.07, 6.45) is 0. The summed E-state index contributed by atoms with van der Waals surface area (Å²) in [5.41, 5.74) is 0.396. The minimum absolute atomic E-state index is 0.396. The zero-order valence-electron chi connectivity index (χ0n) is 8.32. The standard InChI is InChI=1S/C11H7BrO3S/c1-15-11(14)9(13)7-5-16-10-6(7)3-2-4-8(10)12/h2-5H,1H3. The maximum atomic E-state index is 11.7. The van der Waals surface area contributed by atoms with Crippen LogP contribution in [0.3, 0.4) is 0 Å². The molecule has 5 heteroatoms. The lowest BCUT2D eigenvalue weighted by atomic mass is 10.1. The van der Waals surface area contributed by atoms with Gasteiger partial charge in [-0.3, -0.25) is 4.79 Å². The third kappa shape index (κ3) is 1.76. The van der Waals surface area contributed by atoms with E-state index in [0.29, 0.717) is 5.56 Å². The minimum atomic E-state index is -0.834. The molecule has 0 N–H and O–H groups in total. The molecule has 0 aliphatic heterocycles. The van der Waals surface area contributed by atoms with Gasteiger partial charge in [0.05, 0.1) is 7.11 Å². The maximum absolute atomic E-state index is 11.7. The first-order chi connectivity index (χ1) is 7.65. The Balaban J connectivity index is 2.59. The summed E-state index contributed by atoms with van der Waals surface area (Å²) in [5, 5.41) is 2.45. The summed E-state index contributed by atoms with van der Waals surface area (Å²) >= 11 is 4.82. The molecule has 0 unspecified atom stereocenters. The quantitative estimate of drug-likeness (QED) is 0.486. The van der Waals surface area contributed by atoms with Gasteiger partial charge < -0.3 is 4.74 Å². The Morgan fingerprint density at radius 1 is 1.38 bits per heavy atom. The highest BCUT2D eigenvalue weighted by molar-refractivity contribution is 9.10. The average molecular weight is 299 g/mol. The van der Waals surface area contributed by atoms with Crippen molar-refractivity contribution in [3.05, 3.63) is 33.6 Å². The summed E-state index contributed by atoms with van der Waals surface area (Å²) in [7, 11) is 1.20. The second-order valence-corrected chi connectivity index (χ2v) is 4.82. The molecule has 2 aromatic rings. The molecule has 0 amide bonds. The first-order valence-electron chi connectivity index (χ1n) is 4.43. The van der Waals surface area contributed by atoms with Crippen LogP contribution in [0.5, 0.6) is 0 Å². The van der Waals surface area contributed by atoms with Crippen LogP contribution in [0.15, 0.2) is 28.1 Å². The van der Waals surface area contributed by atoms with E-state index in [9.17, 15) is 9.59 Å². The lowest BCUT2D eigenvalue weighted by Gasteiger charge is -1.97. The van der Waals surface area contributed by atoms with Gasteiger partial charge in [-0.25, -0.2) is 4.79 Å². The third-order valence-corrected chi connectivity index (χ3v) is 4.12. The molecule has 0 aliphatic carbocycles. The molecule has 0 saturated heterocycles. The first kappa shape index (κ1) is 11.3. The van der Waals surface area contributed by atoms with Crippen LogP contribution >= 0.6 is 27.3 Å². The smallest absolute Gasteiger partial charge is 0.379 e. The Morgan fingerprint density at radius 2 is 2.12 bits per heavy atom. The van der Waals surface area contributed by atoms with Crippen LogP contribution in [-0.4, -0.2) is 18.9 Å². The Bertz CT molecular complexity index is 574. The molecule has 1 aromatic carbocycles. The average Bonchev–Trinajstić information content (AvgIpc) is 2.72. The second-order valence-electron chi connectivity index (χ2n) is 3.09. The fourth-order valence-corrected chi connectivity index (χ4v) is 3.00. The van der Waals surface area contributed by atoms with Crippen molar-refractivity contribution in [3.8, 4) is 0 Å². The van der Waals surface area contributed by atoms with Crippen molar-refractivity contribution >= 4 is 49.1 Å². The number of hydrogen-bond acceptors (Lipinski definition) is 4. The number of Topliss-reactive ketones (excluding diaryl/α,β-unsaturated/α-hetero) is 1. The van der Waals surface area contributed by atoms with E-state index >= 15 is 0 Å². The van der Waals surface area contributed by atoms with Gasteiger partial charge >= 0.3 is 5.97 Å². The molecular weight excluding hydrogens is 292 g/mol. The van der Waals surface area contributed by atoms with Crippen molar-refractivity contribution in [2.75, 3.05) is 7.11 Å². The van der Waals surface area contributed by atoms with E-state index in [-0.39, 0.29) is 0 Å². The number of fused-ring (bicyclic) bond motifs is 1. The van der Waals surface area contributed by atoms with Crippen LogP contribution in [0.1, 0.15) is 10.4 Å². The predicted octanol–water partition coefficient (Wildman–Crippen LogP) is 3.02. The van der Waals surface area contributed by atoms with Gasteiger partial charge in [0, 0.05) is 25.5 Å². The number of carbonyl (C=O) groups is 2. The molecule has 2 rings (SSSR count). The molecule has 1 aromatic heterocycles. The number of rotatable bonds is 2. The van der Waals surface area contributed by atoms with E-state index in [1.807, 2.05) is 18.2 Å². The van der Waals surface area contributed by atoms with Crippen LogP contribution in [0, 0.1) is 0 Å². The number of benzene rings is 1. The molecule has 1 heterocycles. The molecule has 0 radical (unpaired) electrons. The monoisotopic (exact) mass is 298 g/mol. The van der Waals surface area contributed by atoms with Gasteiger partial charge in [-0.2, -0.15) is 0 Å². The van der Waals surface area contributed by atoms with Gasteiger partial charge in [-0.15, -0.1) is 11.3 Å². The molecule has 0 fully saturated rings. The number of thiophene rings is 1. The van der Waals surface area contributed by atoms with Crippen molar-refractivity contribution in [1.82, 2.24) is 0 Å². The van der Waals surface area contributed by atoms with Gasteiger partial charge in [-0.05, 0) is 22.0 Å². The van der Waals surface area contributed by atoms with Crippen LogP contribution in [0.4, 0.5) is 0 Å². The fourth-order valence-electron chi connectivity index (χ4n) is 1.40. The van der Waals surface area contributed by atoms with E-state index in [4.69, 9.17) is 0 Å². The van der Waals surface area contributed by atoms with Gasteiger partial charge in [0.1, 0.15) is 0 Å². The summed E-state index contributed by atoms with van der Waals surface area (Å²) < 4.78 is 6.29. The zero-order chi connectivity index (χ0) is 11.7. The predicted molar refractivity (Wildman–Crippen MR) is 65.9 cm³/mol. The molecule has 0 spiro atoms. The second kappa shape index (κ2) is 4.35. The SMILES string of the molecule is COC(=O)C(=O)c1csc2c(Br)cccc12. The largest absolute Gasteiger partial charge is 0.463 e. The number of methoxy groups -OCH3 is 1. The number of ether oxygens (including phenoxy) is 1. The Hall–Kier alpha value is -1.20. The Labute approximate surface area is 104 Å². The van der Waals surface area contributed by atoms with Gasteiger partial charge in [0.2, 0.25) is 0 Å². The van der Waals surface area contributed by atoms with E-state index in [2.05, 4.69) is 20.7 Å². The molecular formula is C11H7BrO3S. The Morgan fingerprint density at radius 3 is 2.81 bits per heavy atom. The molecule has 82 valence electrons. The molecule has 0 atom stereocenters. The van der Waals surface area contributed by atoms with E-state index < -0.39 is 11.8 Å². The summed E-state index contributed by atoms with van der Waals surface area (Å²) in [5.74, 6) is -1.44. The third-order valence-electron chi connectivity index (χ3n) is 2.17. The molecule has 0 bridgehead atoms. The molecule has 0 aliphatic rings. The van der Waals surface area contributed by atoms with Crippen LogP contribution in [-0.2, 0) is 9.53 Å². The summed E-state index contributed by atoms with van der Waals surface area (Å²) in [6, 6.07) is 5.53. The van der Waals surface area contributed by atoms with Crippen molar-refractivity contribution in [1.29, 1.82) is 0 Å². The van der Waals surface area contributed by atoms with E-state index in [0.717, 1.165) is 14.6 Å². The number of ketones is 1. The van der Waals surface area contributed by atoms with Gasteiger partial charge in [-0.1, -0.05) is 12.1 Å². The molecule has 16 heavy (non-hydrogen) atoms. The minimum Gasteiger partial charge on any atom is -0.463 e.